The van der Waals surface area contributed by atoms with Gasteiger partial charge in [0.05, 0.1) is 17.1 Å². The Morgan fingerprint density at radius 3 is 2.69 bits per heavy atom. The number of nitrogens with one attached hydrogen (secondary N) is 1. The van der Waals surface area contributed by atoms with Crippen LogP contribution in [0.3, 0.4) is 0 Å². The van der Waals surface area contributed by atoms with E-state index in [0.29, 0.717) is 0 Å². The van der Waals surface area contributed by atoms with Crippen molar-refractivity contribution in [1.29, 1.82) is 0 Å². The summed E-state index contributed by atoms with van der Waals surface area (Å²) in [7, 11) is 1.74. The molecule has 1 aliphatic carbocycles. The molecule has 2 heterocycles. The minimum Gasteiger partial charge on any atom is -0.381 e. The van der Waals surface area contributed by atoms with Gasteiger partial charge in [-0.3, -0.25) is 9.36 Å². The number of likely N-dealkylation sites (tertiary alicyclic amines) is 1. The normalized spacial score (nSPS) is 24.9. The second-order valence-electron chi connectivity index (χ2n) is 7.60. The Morgan fingerprint density at radius 2 is 1.92 bits per heavy atom. The summed E-state index contributed by atoms with van der Waals surface area (Å²) in [6, 6.07) is 7.96. The first-order valence-corrected chi connectivity index (χ1v) is 9.68. The van der Waals surface area contributed by atoms with E-state index in [1.165, 1.54) is 0 Å². The summed E-state index contributed by atoms with van der Waals surface area (Å²) >= 11 is 0. The summed E-state index contributed by atoms with van der Waals surface area (Å²) in [4.78, 5) is 30.2. The number of piperidine rings is 1. The molecule has 6 nitrogen and oxygen atoms in total. The third-order valence-electron chi connectivity index (χ3n) is 6.07. The van der Waals surface area contributed by atoms with Gasteiger partial charge in [0.15, 0.2) is 0 Å². The van der Waals surface area contributed by atoms with Crippen molar-refractivity contribution in [3.63, 3.8) is 0 Å². The van der Waals surface area contributed by atoms with Gasteiger partial charge in [-0.15, -0.1) is 0 Å². The van der Waals surface area contributed by atoms with E-state index in [1.807, 2.05) is 33.7 Å². The van der Waals surface area contributed by atoms with Crippen LogP contribution < -0.4 is 5.69 Å². The Bertz CT molecular complexity index is 832. The van der Waals surface area contributed by atoms with E-state index in [-0.39, 0.29) is 29.7 Å². The van der Waals surface area contributed by atoms with Gasteiger partial charge in [-0.05, 0) is 44.2 Å². The van der Waals surface area contributed by atoms with Crippen molar-refractivity contribution >= 4 is 16.9 Å². The number of carbonyl (C=O) groups excluding carboxylic acids is 1. The highest BCUT2D eigenvalue weighted by Crippen LogP contribution is 2.30. The lowest BCUT2D eigenvalue weighted by Crippen LogP contribution is -2.44. The topological polar surface area (TPSA) is 67.3 Å². The molecule has 1 saturated carbocycles. The van der Waals surface area contributed by atoms with Gasteiger partial charge in [0, 0.05) is 32.2 Å². The van der Waals surface area contributed by atoms with Crippen LogP contribution in [0.2, 0.25) is 0 Å². The summed E-state index contributed by atoms with van der Waals surface area (Å²) in [5, 5.41) is 0. The maximum atomic E-state index is 12.9. The second-order valence-corrected chi connectivity index (χ2v) is 7.60. The van der Waals surface area contributed by atoms with Gasteiger partial charge in [-0.25, -0.2) is 4.79 Å². The molecule has 1 aliphatic heterocycles. The zero-order chi connectivity index (χ0) is 18.1. The number of rotatable bonds is 3. The molecule has 0 bridgehead atoms. The molecule has 4 rings (SSSR count). The average molecular weight is 357 g/mol. The van der Waals surface area contributed by atoms with E-state index in [2.05, 4.69) is 4.98 Å². The molecule has 1 aromatic heterocycles. The van der Waals surface area contributed by atoms with Crippen molar-refractivity contribution in [2.24, 2.45) is 5.92 Å². The van der Waals surface area contributed by atoms with Crippen LogP contribution in [0.5, 0.6) is 0 Å². The SMILES string of the molecule is COC1CCCC(C(=O)N2CCC(n3c(=O)[nH]c4ccccc43)CC2)C1. The minimum absolute atomic E-state index is 0.0498. The Morgan fingerprint density at radius 1 is 1.15 bits per heavy atom. The standard InChI is InChI=1S/C20H27N3O3/c1-26-16-6-4-5-14(13-16)19(24)22-11-9-15(10-12-22)23-18-8-3-2-7-17(18)21-20(23)25/h2-3,7-8,14-16H,4-6,9-13H2,1H3,(H,21,25). The summed E-state index contributed by atoms with van der Waals surface area (Å²) in [6.07, 6.45) is 5.82. The first kappa shape index (κ1) is 17.3. The van der Waals surface area contributed by atoms with Gasteiger partial charge in [0.25, 0.3) is 0 Å². The molecule has 26 heavy (non-hydrogen) atoms. The Kier molecular flexibility index (Phi) is 4.85. The number of fused-ring (bicyclic) bond motifs is 1. The van der Waals surface area contributed by atoms with Gasteiger partial charge >= 0.3 is 5.69 Å². The van der Waals surface area contributed by atoms with Crippen molar-refractivity contribution in [3.8, 4) is 0 Å². The third-order valence-corrected chi connectivity index (χ3v) is 6.07. The van der Waals surface area contributed by atoms with E-state index in [9.17, 15) is 9.59 Å². The summed E-state index contributed by atoms with van der Waals surface area (Å²) in [6.45, 7) is 1.45. The average Bonchev–Trinajstić information content (AvgIpc) is 3.03. The van der Waals surface area contributed by atoms with Gasteiger partial charge in [0.2, 0.25) is 5.91 Å². The molecule has 2 aliphatic rings. The molecular weight excluding hydrogens is 330 g/mol. The van der Waals surface area contributed by atoms with Crippen molar-refractivity contribution in [2.75, 3.05) is 20.2 Å². The lowest BCUT2D eigenvalue weighted by Gasteiger charge is -2.36. The van der Waals surface area contributed by atoms with E-state index >= 15 is 0 Å². The van der Waals surface area contributed by atoms with Crippen LogP contribution in [0.1, 0.15) is 44.6 Å². The number of amides is 1. The predicted molar refractivity (Wildman–Crippen MR) is 100 cm³/mol. The smallest absolute Gasteiger partial charge is 0.326 e. The first-order chi connectivity index (χ1) is 12.7. The zero-order valence-corrected chi connectivity index (χ0v) is 15.3. The molecule has 1 aromatic carbocycles. The number of benzene rings is 1. The van der Waals surface area contributed by atoms with Crippen molar-refractivity contribution in [2.45, 2.75) is 50.7 Å². The van der Waals surface area contributed by atoms with Crippen LogP contribution >= 0.6 is 0 Å². The lowest BCUT2D eigenvalue weighted by atomic mass is 9.85. The molecule has 2 unspecified atom stereocenters. The number of H-pyrrole nitrogens is 1. The molecule has 1 N–H and O–H groups in total. The number of hydrogen-bond donors (Lipinski definition) is 1. The van der Waals surface area contributed by atoms with E-state index in [1.54, 1.807) is 7.11 Å². The van der Waals surface area contributed by atoms with Crippen LogP contribution in [0.15, 0.2) is 29.1 Å². The van der Waals surface area contributed by atoms with E-state index < -0.39 is 0 Å². The van der Waals surface area contributed by atoms with Crippen LogP contribution in [0, 0.1) is 5.92 Å². The van der Waals surface area contributed by atoms with Crippen molar-refractivity contribution in [3.05, 3.63) is 34.7 Å². The number of nitrogens with zero attached hydrogens (tertiary/aromatic N) is 2. The van der Waals surface area contributed by atoms with Crippen LogP contribution in [-0.2, 0) is 9.53 Å². The highest BCUT2D eigenvalue weighted by molar-refractivity contribution is 5.79. The summed E-state index contributed by atoms with van der Waals surface area (Å²) in [5.74, 6) is 0.373. The van der Waals surface area contributed by atoms with Crippen molar-refractivity contribution in [1.82, 2.24) is 14.5 Å². The number of carbonyl (C=O) groups is 1. The number of para-hydroxylation sites is 2. The number of methoxy groups -OCH3 is 1. The number of ether oxygens (including phenoxy) is 1. The van der Waals surface area contributed by atoms with Crippen LogP contribution in [-0.4, -0.2) is 46.7 Å². The molecular formula is C20H27N3O3. The minimum atomic E-state index is -0.0498. The summed E-state index contributed by atoms with van der Waals surface area (Å²) in [5.41, 5.74) is 1.78. The van der Waals surface area contributed by atoms with Gasteiger partial charge < -0.3 is 14.6 Å². The molecule has 6 heteroatoms. The van der Waals surface area contributed by atoms with Gasteiger partial charge in [-0.1, -0.05) is 18.6 Å². The lowest BCUT2D eigenvalue weighted by molar-refractivity contribution is -0.139. The Balaban J connectivity index is 1.43. The highest BCUT2D eigenvalue weighted by Gasteiger charge is 2.33. The largest absolute Gasteiger partial charge is 0.381 e. The Hall–Kier alpha value is -2.08. The zero-order valence-electron chi connectivity index (χ0n) is 15.3. The predicted octanol–water partition coefficient (Wildman–Crippen LogP) is 2.70. The summed E-state index contributed by atoms with van der Waals surface area (Å²) < 4.78 is 7.34. The van der Waals surface area contributed by atoms with E-state index in [0.717, 1.165) is 62.6 Å². The fraction of sp³-hybridized carbons (Fsp3) is 0.600. The second kappa shape index (κ2) is 7.27. The quantitative estimate of drug-likeness (QED) is 0.918. The maximum Gasteiger partial charge on any atom is 0.326 e. The molecule has 1 saturated heterocycles. The number of hydrogen-bond acceptors (Lipinski definition) is 3. The fourth-order valence-corrected chi connectivity index (χ4v) is 4.62. The molecule has 2 fully saturated rings. The third kappa shape index (κ3) is 3.18. The fourth-order valence-electron chi connectivity index (χ4n) is 4.62. The molecule has 1 amide bonds. The van der Waals surface area contributed by atoms with Crippen molar-refractivity contribution < 1.29 is 9.53 Å². The molecule has 2 atom stereocenters. The molecule has 2 aromatic rings. The van der Waals surface area contributed by atoms with Crippen LogP contribution in [0.4, 0.5) is 0 Å². The van der Waals surface area contributed by atoms with E-state index in [4.69, 9.17) is 4.74 Å². The Labute approximate surface area is 153 Å². The monoisotopic (exact) mass is 357 g/mol. The molecule has 140 valence electrons. The van der Waals surface area contributed by atoms with Crippen LogP contribution in [0.25, 0.3) is 11.0 Å². The molecule has 0 spiro atoms. The number of aromatic nitrogens is 2. The number of imidazole rings is 1. The highest BCUT2D eigenvalue weighted by atomic mass is 16.5. The molecule has 0 radical (unpaired) electrons. The number of aromatic amines is 1. The first-order valence-electron chi connectivity index (χ1n) is 9.68. The maximum absolute atomic E-state index is 12.9. The van der Waals surface area contributed by atoms with Gasteiger partial charge in [0.1, 0.15) is 0 Å². The van der Waals surface area contributed by atoms with Gasteiger partial charge in [-0.2, -0.15) is 0 Å².